The molecule has 0 radical (unpaired) electrons. The van der Waals surface area contributed by atoms with Crippen LogP contribution in [0.15, 0.2) is 41.5 Å². The van der Waals surface area contributed by atoms with Gasteiger partial charge in [0.1, 0.15) is 35.0 Å². The van der Waals surface area contributed by atoms with Gasteiger partial charge < -0.3 is 24.8 Å². The SMILES string of the molecule is N#Cc1c(N2CCCC(N)C2)n(Cc2ccccc2)c2c(=O)n(CC(=O)N3CCOCC3)cnc12. The summed E-state index contributed by atoms with van der Waals surface area (Å²) in [5, 5.41) is 10.1. The Kier molecular flexibility index (Phi) is 6.53. The van der Waals surface area contributed by atoms with Crippen LogP contribution in [0.5, 0.6) is 0 Å². The number of nitriles is 1. The number of hydrogen-bond acceptors (Lipinski definition) is 7. The van der Waals surface area contributed by atoms with E-state index in [2.05, 4.69) is 16.0 Å². The number of benzene rings is 1. The Labute approximate surface area is 203 Å². The summed E-state index contributed by atoms with van der Waals surface area (Å²) >= 11 is 0. The highest BCUT2D eigenvalue weighted by atomic mass is 16.5. The first-order chi connectivity index (χ1) is 17.1. The van der Waals surface area contributed by atoms with Crippen molar-refractivity contribution in [2.24, 2.45) is 5.73 Å². The molecule has 1 atom stereocenters. The number of hydrogen-bond donors (Lipinski definition) is 1. The number of aromatic nitrogens is 3. The van der Waals surface area contributed by atoms with Gasteiger partial charge in [-0.15, -0.1) is 0 Å². The summed E-state index contributed by atoms with van der Waals surface area (Å²) < 4.78 is 8.55. The summed E-state index contributed by atoms with van der Waals surface area (Å²) in [6.07, 6.45) is 3.21. The van der Waals surface area contributed by atoms with Crippen molar-refractivity contribution in [3.8, 4) is 6.07 Å². The third-order valence-electron chi connectivity index (χ3n) is 6.72. The van der Waals surface area contributed by atoms with Crippen LogP contribution < -0.4 is 16.2 Å². The lowest BCUT2D eigenvalue weighted by Gasteiger charge is -2.33. The van der Waals surface area contributed by atoms with Gasteiger partial charge >= 0.3 is 0 Å². The smallest absolute Gasteiger partial charge is 0.278 e. The Balaban J connectivity index is 1.63. The van der Waals surface area contributed by atoms with Crippen molar-refractivity contribution in [2.75, 3.05) is 44.3 Å². The number of rotatable bonds is 5. The van der Waals surface area contributed by atoms with E-state index in [-0.39, 0.29) is 24.1 Å². The van der Waals surface area contributed by atoms with Crippen LogP contribution in [-0.2, 0) is 22.6 Å². The molecule has 1 aromatic carbocycles. The van der Waals surface area contributed by atoms with Crippen LogP contribution in [0.2, 0.25) is 0 Å². The van der Waals surface area contributed by atoms with E-state index in [0.717, 1.165) is 24.9 Å². The number of anilines is 1. The second-order valence-corrected chi connectivity index (χ2v) is 9.10. The van der Waals surface area contributed by atoms with Gasteiger partial charge in [-0.1, -0.05) is 30.3 Å². The minimum absolute atomic E-state index is 0.00533. The lowest BCUT2D eigenvalue weighted by Crippen LogP contribution is -2.44. The highest BCUT2D eigenvalue weighted by molar-refractivity contribution is 5.89. The normalized spacial score (nSPS) is 18.6. The molecule has 0 bridgehead atoms. The lowest BCUT2D eigenvalue weighted by molar-refractivity contribution is -0.135. The number of fused-ring (bicyclic) bond motifs is 1. The molecule has 2 fully saturated rings. The summed E-state index contributed by atoms with van der Waals surface area (Å²) in [4.78, 5) is 34.9. The van der Waals surface area contributed by atoms with E-state index in [9.17, 15) is 14.9 Å². The van der Waals surface area contributed by atoms with Crippen LogP contribution in [0, 0.1) is 11.3 Å². The minimum atomic E-state index is -0.336. The van der Waals surface area contributed by atoms with Gasteiger partial charge in [0.2, 0.25) is 5.91 Å². The minimum Gasteiger partial charge on any atom is -0.378 e. The molecule has 2 aliphatic heterocycles. The first-order valence-corrected chi connectivity index (χ1v) is 12.0. The number of amides is 1. The van der Waals surface area contributed by atoms with Crippen LogP contribution in [0.4, 0.5) is 5.82 Å². The summed E-state index contributed by atoms with van der Waals surface area (Å²) in [5.41, 5.74) is 7.98. The molecule has 35 heavy (non-hydrogen) atoms. The predicted molar refractivity (Wildman–Crippen MR) is 131 cm³/mol. The van der Waals surface area contributed by atoms with Gasteiger partial charge in [-0.25, -0.2) is 4.98 Å². The number of ether oxygens (including phenoxy) is 1. The van der Waals surface area contributed by atoms with Gasteiger partial charge in [0.15, 0.2) is 0 Å². The molecule has 0 saturated carbocycles. The molecule has 10 nitrogen and oxygen atoms in total. The van der Waals surface area contributed by atoms with Gasteiger partial charge in [0.05, 0.1) is 19.5 Å². The standard InChI is InChI=1S/C25H29N7O3/c26-13-20-22-23(25(34)31(17-28-22)16-21(33)29-9-11-35-12-10-29)32(14-18-5-2-1-3-6-18)24(20)30-8-4-7-19(27)15-30/h1-3,5-6,17,19H,4,7-12,14-16,27H2. The molecular weight excluding hydrogens is 446 g/mol. The zero-order valence-corrected chi connectivity index (χ0v) is 19.6. The molecule has 2 aromatic heterocycles. The Hall–Kier alpha value is -3.68. The molecular formula is C25H29N7O3. The van der Waals surface area contributed by atoms with E-state index < -0.39 is 0 Å². The molecule has 1 unspecified atom stereocenters. The van der Waals surface area contributed by atoms with Crippen molar-refractivity contribution in [3.05, 3.63) is 58.1 Å². The number of piperidine rings is 1. The molecule has 182 valence electrons. The Morgan fingerprint density at radius 3 is 2.69 bits per heavy atom. The number of morpholine rings is 1. The van der Waals surface area contributed by atoms with Gasteiger partial charge in [-0.3, -0.25) is 14.2 Å². The van der Waals surface area contributed by atoms with E-state index in [1.807, 2.05) is 34.9 Å². The molecule has 1 amide bonds. The molecule has 0 spiro atoms. The Bertz CT molecular complexity index is 1320. The molecule has 10 heteroatoms. The predicted octanol–water partition coefficient (Wildman–Crippen LogP) is 0.904. The van der Waals surface area contributed by atoms with Crippen LogP contribution >= 0.6 is 0 Å². The first kappa shape index (κ1) is 23.1. The topological polar surface area (TPSA) is 122 Å². The van der Waals surface area contributed by atoms with Gasteiger partial charge in [0, 0.05) is 38.8 Å². The Morgan fingerprint density at radius 1 is 1.20 bits per heavy atom. The van der Waals surface area contributed by atoms with Crippen molar-refractivity contribution in [3.63, 3.8) is 0 Å². The van der Waals surface area contributed by atoms with Crippen molar-refractivity contribution < 1.29 is 9.53 Å². The fraction of sp³-hybridized carbons (Fsp3) is 0.440. The lowest BCUT2D eigenvalue weighted by atomic mass is 10.1. The summed E-state index contributed by atoms with van der Waals surface area (Å²) in [5.74, 6) is 0.517. The van der Waals surface area contributed by atoms with Crippen molar-refractivity contribution in [1.82, 2.24) is 19.0 Å². The third-order valence-corrected chi connectivity index (χ3v) is 6.72. The van der Waals surface area contributed by atoms with Crippen LogP contribution in [0.25, 0.3) is 11.0 Å². The van der Waals surface area contributed by atoms with Crippen molar-refractivity contribution in [2.45, 2.75) is 32.0 Å². The quantitative estimate of drug-likeness (QED) is 0.582. The molecule has 2 saturated heterocycles. The zero-order chi connectivity index (χ0) is 24.4. The average Bonchev–Trinajstić information content (AvgIpc) is 3.20. The average molecular weight is 476 g/mol. The summed E-state index contributed by atoms with van der Waals surface area (Å²) in [6, 6.07) is 12.1. The highest BCUT2D eigenvalue weighted by Crippen LogP contribution is 2.32. The zero-order valence-electron chi connectivity index (χ0n) is 19.6. The van der Waals surface area contributed by atoms with Gasteiger partial charge in [0.25, 0.3) is 5.56 Å². The van der Waals surface area contributed by atoms with E-state index in [1.165, 1.54) is 10.9 Å². The van der Waals surface area contributed by atoms with Crippen LogP contribution in [0.1, 0.15) is 24.0 Å². The van der Waals surface area contributed by atoms with E-state index in [4.69, 9.17) is 10.5 Å². The van der Waals surface area contributed by atoms with E-state index >= 15 is 0 Å². The maximum Gasteiger partial charge on any atom is 0.278 e. The summed E-state index contributed by atoms with van der Waals surface area (Å²) in [7, 11) is 0. The monoisotopic (exact) mass is 475 g/mol. The van der Waals surface area contributed by atoms with E-state index in [1.54, 1.807) is 4.90 Å². The molecule has 5 rings (SSSR count). The molecule has 4 heterocycles. The molecule has 3 aromatic rings. The maximum atomic E-state index is 13.7. The Morgan fingerprint density at radius 2 is 1.97 bits per heavy atom. The summed E-state index contributed by atoms with van der Waals surface area (Å²) in [6.45, 7) is 3.63. The van der Waals surface area contributed by atoms with Crippen molar-refractivity contribution >= 4 is 22.8 Å². The van der Waals surface area contributed by atoms with E-state index in [0.29, 0.717) is 61.8 Å². The van der Waals surface area contributed by atoms with Crippen molar-refractivity contribution in [1.29, 1.82) is 5.26 Å². The second-order valence-electron chi connectivity index (χ2n) is 9.10. The van der Waals surface area contributed by atoms with Gasteiger partial charge in [-0.05, 0) is 18.4 Å². The van der Waals surface area contributed by atoms with Gasteiger partial charge in [-0.2, -0.15) is 5.26 Å². The third kappa shape index (κ3) is 4.52. The number of carbonyl (C=O) groups excluding carboxylic acids is 1. The van der Waals surface area contributed by atoms with Crippen LogP contribution in [-0.4, -0.2) is 70.4 Å². The molecule has 2 aliphatic rings. The fourth-order valence-electron chi connectivity index (χ4n) is 4.98. The molecule has 2 N–H and O–H groups in total. The number of nitrogens with zero attached hydrogens (tertiary/aromatic N) is 6. The molecule has 0 aliphatic carbocycles. The fourth-order valence-corrected chi connectivity index (χ4v) is 4.98. The highest BCUT2D eigenvalue weighted by Gasteiger charge is 2.29. The maximum absolute atomic E-state index is 13.7. The largest absolute Gasteiger partial charge is 0.378 e. The number of nitrogens with two attached hydrogens (primary N) is 1. The van der Waals surface area contributed by atoms with Crippen LogP contribution in [0.3, 0.4) is 0 Å². The second kappa shape index (κ2) is 9.90. The number of carbonyl (C=O) groups is 1. The first-order valence-electron chi connectivity index (χ1n) is 12.0.